The van der Waals surface area contributed by atoms with E-state index in [4.69, 9.17) is 0 Å². The first-order valence-corrected chi connectivity index (χ1v) is 7.55. The Morgan fingerprint density at radius 3 is 2.40 bits per heavy atom. The van der Waals surface area contributed by atoms with Crippen molar-refractivity contribution in [2.24, 2.45) is 0 Å². The van der Waals surface area contributed by atoms with Crippen molar-refractivity contribution in [1.29, 1.82) is 0 Å². The van der Waals surface area contributed by atoms with Crippen LogP contribution in [0.2, 0.25) is 0 Å². The van der Waals surface area contributed by atoms with Crippen LogP contribution < -0.4 is 16.0 Å². The third-order valence-corrected chi connectivity index (χ3v) is 4.49. The average molecular weight is 275 g/mol. The second-order valence-corrected chi connectivity index (χ2v) is 5.45. The van der Waals surface area contributed by atoms with Gasteiger partial charge in [0.2, 0.25) is 5.91 Å². The maximum absolute atomic E-state index is 12.5. The largest absolute Gasteiger partial charge is 0.381 e. The fourth-order valence-corrected chi connectivity index (χ4v) is 2.74. The Hall–Kier alpha value is -1.71. The summed E-state index contributed by atoms with van der Waals surface area (Å²) >= 11 is 0. The smallest absolute Gasteiger partial charge is 0.244 e. The third-order valence-electron chi connectivity index (χ3n) is 4.49. The Labute approximate surface area is 121 Å². The molecule has 1 aliphatic heterocycles. The standard InChI is InChI=1S/C16H25N3O/c1-4-16(5-2,6-3)19-15(20)14-11-17-12-9-7-8-10-13(12)18-14/h7-10,14,17-18H,4-6,11H2,1-3H3,(H,19,20). The first-order valence-electron chi connectivity index (χ1n) is 7.55. The van der Waals surface area contributed by atoms with Crippen molar-refractivity contribution in [2.45, 2.75) is 51.6 Å². The van der Waals surface area contributed by atoms with Gasteiger partial charge in [0.15, 0.2) is 0 Å². The molecule has 0 fully saturated rings. The van der Waals surface area contributed by atoms with Gasteiger partial charge in [-0.3, -0.25) is 4.79 Å². The number of nitrogens with one attached hydrogen (secondary N) is 3. The van der Waals surface area contributed by atoms with Crippen molar-refractivity contribution in [3.05, 3.63) is 24.3 Å². The first-order chi connectivity index (χ1) is 9.64. The van der Waals surface area contributed by atoms with Gasteiger partial charge in [-0.05, 0) is 31.4 Å². The van der Waals surface area contributed by atoms with Crippen molar-refractivity contribution in [2.75, 3.05) is 17.2 Å². The Bertz CT molecular complexity index is 460. The molecule has 4 nitrogen and oxygen atoms in total. The summed E-state index contributed by atoms with van der Waals surface area (Å²) in [6, 6.07) is 7.76. The Balaban J connectivity index is 2.05. The molecule has 4 heteroatoms. The maximum Gasteiger partial charge on any atom is 0.244 e. The van der Waals surface area contributed by atoms with Gasteiger partial charge >= 0.3 is 0 Å². The van der Waals surface area contributed by atoms with Crippen molar-refractivity contribution >= 4 is 17.3 Å². The molecule has 2 rings (SSSR count). The van der Waals surface area contributed by atoms with Gasteiger partial charge in [0.1, 0.15) is 6.04 Å². The average Bonchev–Trinajstić information content (AvgIpc) is 2.52. The van der Waals surface area contributed by atoms with E-state index in [1.54, 1.807) is 0 Å². The summed E-state index contributed by atoms with van der Waals surface area (Å²) in [4.78, 5) is 12.5. The van der Waals surface area contributed by atoms with Crippen molar-refractivity contribution < 1.29 is 4.79 Å². The van der Waals surface area contributed by atoms with Crippen LogP contribution in [0.25, 0.3) is 0 Å². The molecule has 1 aliphatic rings. The topological polar surface area (TPSA) is 53.2 Å². The van der Waals surface area contributed by atoms with E-state index >= 15 is 0 Å². The molecule has 0 radical (unpaired) electrons. The van der Waals surface area contributed by atoms with Crippen LogP contribution in [0.4, 0.5) is 11.4 Å². The number of anilines is 2. The highest BCUT2D eigenvalue weighted by molar-refractivity contribution is 5.89. The molecule has 0 spiro atoms. The minimum absolute atomic E-state index is 0.0737. The zero-order chi connectivity index (χ0) is 14.6. The highest BCUT2D eigenvalue weighted by Gasteiger charge is 2.30. The van der Waals surface area contributed by atoms with Crippen LogP contribution in [-0.4, -0.2) is 24.0 Å². The van der Waals surface area contributed by atoms with Crippen LogP contribution in [0, 0.1) is 0 Å². The minimum atomic E-state index is -0.214. The molecule has 0 saturated carbocycles. The van der Waals surface area contributed by atoms with E-state index in [0.29, 0.717) is 6.54 Å². The molecule has 3 N–H and O–H groups in total. The number of para-hydroxylation sites is 2. The van der Waals surface area contributed by atoms with Crippen LogP contribution in [-0.2, 0) is 4.79 Å². The number of hydrogen-bond acceptors (Lipinski definition) is 3. The fourth-order valence-electron chi connectivity index (χ4n) is 2.74. The molecule has 1 aromatic rings. The Morgan fingerprint density at radius 1 is 1.20 bits per heavy atom. The van der Waals surface area contributed by atoms with E-state index in [0.717, 1.165) is 30.6 Å². The highest BCUT2D eigenvalue weighted by atomic mass is 16.2. The summed E-state index contributed by atoms with van der Waals surface area (Å²) in [5.41, 5.74) is 1.98. The number of carbonyl (C=O) groups is 1. The molecule has 1 atom stereocenters. The predicted octanol–water partition coefficient (Wildman–Crippen LogP) is 2.98. The van der Waals surface area contributed by atoms with Gasteiger partial charge in [-0.1, -0.05) is 32.9 Å². The molecule has 1 heterocycles. The van der Waals surface area contributed by atoms with Gasteiger partial charge in [-0.15, -0.1) is 0 Å². The number of amides is 1. The fraction of sp³-hybridized carbons (Fsp3) is 0.562. The minimum Gasteiger partial charge on any atom is -0.381 e. The molecule has 110 valence electrons. The zero-order valence-electron chi connectivity index (χ0n) is 12.6. The highest BCUT2D eigenvalue weighted by Crippen LogP contribution is 2.26. The number of rotatable bonds is 5. The predicted molar refractivity (Wildman–Crippen MR) is 84.1 cm³/mol. The van der Waals surface area contributed by atoms with Crippen LogP contribution in [0.5, 0.6) is 0 Å². The molecule has 1 amide bonds. The molecule has 0 bridgehead atoms. The molecule has 20 heavy (non-hydrogen) atoms. The Kier molecular flexibility index (Phi) is 4.53. The molecule has 1 unspecified atom stereocenters. The van der Waals surface area contributed by atoms with Gasteiger partial charge in [0, 0.05) is 12.1 Å². The van der Waals surface area contributed by atoms with Crippen LogP contribution >= 0.6 is 0 Å². The Morgan fingerprint density at radius 2 is 1.80 bits per heavy atom. The van der Waals surface area contributed by atoms with Crippen molar-refractivity contribution in [3.63, 3.8) is 0 Å². The van der Waals surface area contributed by atoms with E-state index in [-0.39, 0.29) is 17.5 Å². The summed E-state index contributed by atoms with van der Waals surface area (Å²) in [7, 11) is 0. The molecular formula is C16H25N3O. The quantitative estimate of drug-likeness (QED) is 0.774. The van der Waals surface area contributed by atoms with Crippen LogP contribution in [0.3, 0.4) is 0 Å². The van der Waals surface area contributed by atoms with Gasteiger partial charge in [0.05, 0.1) is 11.4 Å². The van der Waals surface area contributed by atoms with Crippen molar-refractivity contribution in [1.82, 2.24) is 5.32 Å². The van der Waals surface area contributed by atoms with E-state index in [1.807, 2.05) is 24.3 Å². The summed E-state index contributed by atoms with van der Waals surface area (Å²) in [5.74, 6) is 0.0811. The molecule has 1 aromatic carbocycles. The molecule has 0 saturated heterocycles. The lowest BCUT2D eigenvalue weighted by molar-refractivity contribution is -0.123. The van der Waals surface area contributed by atoms with E-state index in [9.17, 15) is 4.79 Å². The summed E-state index contributed by atoms with van der Waals surface area (Å²) in [6.45, 7) is 7.02. The lowest BCUT2D eigenvalue weighted by Crippen LogP contribution is -2.54. The number of hydrogen-bond donors (Lipinski definition) is 3. The van der Waals surface area contributed by atoms with Crippen LogP contribution in [0.1, 0.15) is 40.0 Å². The normalized spacial score (nSPS) is 17.6. The number of carbonyl (C=O) groups excluding carboxylic acids is 1. The van der Waals surface area contributed by atoms with E-state index in [1.165, 1.54) is 0 Å². The molecular weight excluding hydrogens is 250 g/mol. The lowest BCUT2D eigenvalue weighted by atomic mass is 9.89. The lowest BCUT2D eigenvalue weighted by Gasteiger charge is -2.35. The van der Waals surface area contributed by atoms with Gasteiger partial charge in [0.25, 0.3) is 0 Å². The van der Waals surface area contributed by atoms with E-state index in [2.05, 4.69) is 36.7 Å². The van der Waals surface area contributed by atoms with Crippen molar-refractivity contribution in [3.8, 4) is 0 Å². The second-order valence-electron chi connectivity index (χ2n) is 5.45. The first kappa shape index (κ1) is 14.7. The molecule has 0 aromatic heterocycles. The van der Waals surface area contributed by atoms with Crippen LogP contribution in [0.15, 0.2) is 24.3 Å². The third kappa shape index (κ3) is 2.89. The maximum atomic E-state index is 12.5. The van der Waals surface area contributed by atoms with Gasteiger partial charge in [-0.25, -0.2) is 0 Å². The van der Waals surface area contributed by atoms with Gasteiger partial charge < -0.3 is 16.0 Å². The second kappa shape index (κ2) is 6.16. The van der Waals surface area contributed by atoms with Gasteiger partial charge in [-0.2, -0.15) is 0 Å². The summed E-state index contributed by atoms with van der Waals surface area (Å²) < 4.78 is 0. The molecule has 0 aliphatic carbocycles. The summed E-state index contributed by atoms with van der Waals surface area (Å²) in [6.07, 6.45) is 2.88. The number of benzene rings is 1. The summed E-state index contributed by atoms with van der Waals surface area (Å²) in [5, 5.41) is 9.87. The van der Waals surface area contributed by atoms with E-state index < -0.39 is 0 Å². The SMILES string of the molecule is CCC(CC)(CC)NC(=O)C1CNc2ccccc2N1. The number of fused-ring (bicyclic) bond motifs is 1. The monoisotopic (exact) mass is 275 g/mol. The zero-order valence-corrected chi connectivity index (χ0v) is 12.6.